The molecule has 1 N–H and O–H groups in total. The van der Waals surface area contributed by atoms with Gasteiger partial charge in [0.2, 0.25) is 5.82 Å². The molecule has 1 fully saturated rings. The summed E-state index contributed by atoms with van der Waals surface area (Å²) in [5.41, 5.74) is 8.36. The standard InChI is InChI=1S/C30H28N4O/c1-18-13-24(14-18)32-28-12-9-20-16-21(7-11-27(20)28)29-33-30(35-34-29)22-8-10-25(19(2)15-22)26-6-4-3-5-23(26)17-31/h3-8,10-11,15-16,18,24,28,32H,9,12-14H2,1-2H3/t18-,24-,28?. The van der Waals surface area contributed by atoms with E-state index in [2.05, 4.69) is 41.7 Å². The van der Waals surface area contributed by atoms with Crippen molar-refractivity contribution < 1.29 is 4.52 Å². The second-order valence-corrected chi connectivity index (χ2v) is 10.1. The van der Waals surface area contributed by atoms with Crippen LogP contribution < -0.4 is 5.32 Å². The van der Waals surface area contributed by atoms with E-state index in [1.54, 1.807) is 0 Å². The Bertz CT molecular complexity index is 1440. The third-order valence-electron chi connectivity index (χ3n) is 7.53. The van der Waals surface area contributed by atoms with Crippen molar-refractivity contribution in [3.05, 3.63) is 82.9 Å². The van der Waals surface area contributed by atoms with Crippen LogP contribution in [0.3, 0.4) is 0 Å². The second kappa shape index (κ2) is 8.79. The van der Waals surface area contributed by atoms with Crippen LogP contribution in [0.5, 0.6) is 0 Å². The molecule has 6 rings (SSSR count). The average Bonchev–Trinajstić information content (AvgIpc) is 3.50. The van der Waals surface area contributed by atoms with E-state index in [0.717, 1.165) is 46.6 Å². The van der Waals surface area contributed by atoms with Crippen LogP contribution in [0.15, 0.2) is 65.2 Å². The van der Waals surface area contributed by atoms with Crippen molar-refractivity contribution in [3.63, 3.8) is 0 Å². The van der Waals surface area contributed by atoms with Gasteiger partial charge in [0.15, 0.2) is 0 Å². The van der Waals surface area contributed by atoms with Gasteiger partial charge >= 0.3 is 0 Å². The fourth-order valence-corrected chi connectivity index (χ4v) is 5.63. The van der Waals surface area contributed by atoms with E-state index in [1.807, 2.05) is 49.4 Å². The molecule has 0 bridgehead atoms. The van der Waals surface area contributed by atoms with Gasteiger partial charge in [-0.05, 0) is 90.6 Å². The maximum Gasteiger partial charge on any atom is 0.258 e. The molecule has 1 saturated carbocycles. The lowest BCUT2D eigenvalue weighted by Crippen LogP contribution is -2.41. The molecule has 1 heterocycles. The Balaban J connectivity index is 1.23. The van der Waals surface area contributed by atoms with E-state index in [4.69, 9.17) is 9.51 Å². The number of nitrogens with one attached hydrogen (secondary N) is 1. The van der Waals surface area contributed by atoms with E-state index in [0.29, 0.717) is 29.4 Å². The molecular weight excluding hydrogens is 432 g/mol. The molecule has 1 aromatic heterocycles. The fraction of sp³-hybridized carbons (Fsp3) is 0.300. The Hall–Kier alpha value is -3.75. The van der Waals surface area contributed by atoms with Crippen molar-refractivity contribution >= 4 is 0 Å². The molecule has 0 radical (unpaired) electrons. The summed E-state index contributed by atoms with van der Waals surface area (Å²) in [5.74, 6) is 1.97. The van der Waals surface area contributed by atoms with E-state index in [-0.39, 0.29) is 0 Å². The predicted octanol–water partition coefficient (Wildman–Crippen LogP) is 6.63. The Morgan fingerprint density at radius 1 is 1.00 bits per heavy atom. The molecule has 0 amide bonds. The number of rotatable bonds is 5. The van der Waals surface area contributed by atoms with E-state index < -0.39 is 0 Å². The highest BCUT2D eigenvalue weighted by molar-refractivity contribution is 5.75. The number of nitrogens with zero attached hydrogens (tertiary/aromatic N) is 3. The summed E-state index contributed by atoms with van der Waals surface area (Å²) in [6, 6.07) is 23.7. The molecule has 0 aliphatic heterocycles. The molecule has 1 unspecified atom stereocenters. The zero-order valence-corrected chi connectivity index (χ0v) is 20.1. The molecular formula is C30H28N4O. The Labute approximate surface area is 205 Å². The Kier molecular flexibility index (Phi) is 5.47. The van der Waals surface area contributed by atoms with Crippen LogP contribution in [0, 0.1) is 24.2 Å². The summed E-state index contributed by atoms with van der Waals surface area (Å²) in [7, 11) is 0. The first-order valence-electron chi connectivity index (χ1n) is 12.4. The summed E-state index contributed by atoms with van der Waals surface area (Å²) in [4.78, 5) is 4.71. The quantitative estimate of drug-likeness (QED) is 0.362. The average molecular weight is 461 g/mol. The number of hydrogen-bond donors (Lipinski definition) is 1. The van der Waals surface area contributed by atoms with Gasteiger partial charge in [-0.1, -0.05) is 48.5 Å². The normalized spacial score (nSPS) is 20.8. The second-order valence-electron chi connectivity index (χ2n) is 10.1. The summed E-state index contributed by atoms with van der Waals surface area (Å²) in [6.07, 6.45) is 4.82. The number of fused-ring (bicyclic) bond motifs is 1. The van der Waals surface area contributed by atoms with Crippen molar-refractivity contribution in [3.8, 4) is 40.0 Å². The maximum atomic E-state index is 9.46. The molecule has 174 valence electrons. The zero-order valence-electron chi connectivity index (χ0n) is 20.1. The van der Waals surface area contributed by atoms with Gasteiger partial charge in [0.05, 0.1) is 11.6 Å². The van der Waals surface area contributed by atoms with E-state index in [9.17, 15) is 5.26 Å². The molecule has 5 nitrogen and oxygen atoms in total. The largest absolute Gasteiger partial charge is 0.334 e. The Morgan fingerprint density at radius 2 is 1.83 bits per heavy atom. The molecule has 4 aromatic rings. The number of nitriles is 1. The lowest BCUT2D eigenvalue weighted by molar-refractivity contribution is 0.222. The van der Waals surface area contributed by atoms with Gasteiger partial charge in [0.1, 0.15) is 0 Å². The number of aryl methyl sites for hydroxylation is 2. The Morgan fingerprint density at radius 3 is 2.63 bits per heavy atom. The van der Waals surface area contributed by atoms with Crippen LogP contribution in [-0.4, -0.2) is 16.2 Å². The van der Waals surface area contributed by atoms with Gasteiger partial charge in [0, 0.05) is 23.2 Å². The van der Waals surface area contributed by atoms with Crippen LogP contribution >= 0.6 is 0 Å². The van der Waals surface area contributed by atoms with Crippen LogP contribution in [-0.2, 0) is 6.42 Å². The van der Waals surface area contributed by atoms with E-state index in [1.165, 1.54) is 24.0 Å². The molecule has 2 aliphatic carbocycles. The summed E-state index contributed by atoms with van der Waals surface area (Å²) in [6.45, 7) is 4.37. The first kappa shape index (κ1) is 21.8. The highest BCUT2D eigenvalue weighted by atomic mass is 16.5. The third kappa shape index (κ3) is 4.05. The first-order valence-corrected chi connectivity index (χ1v) is 12.4. The summed E-state index contributed by atoms with van der Waals surface area (Å²) in [5, 5.41) is 17.6. The lowest BCUT2D eigenvalue weighted by Gasteiger charge is -2.36. The number of hydrogen-bond acceptors (Lipinski definition) is 5. The minimum Gasteiger partial charge on any atom is -0.334 e. The SMILES string of the molecule is Cc1cc(-c2nc(-c3ccc4c(c3)CCC4N[C@H]3C[C@H](C)C3)no2)ccc1-c1ccccc1C#N. The van der Waals surface area contributed by atoms with E-state index >= 15 is 0 Å². The monoisotopic (exact) mass is 460 g/mol. The van der Waals surface area contributed by atoms with Gasteiger partial charge in [-0.25, -0.2) is 0 Å². The minimum absolute atomic E-state index is 0.463. The topological polar surface area (TPSA) is 74.7 Å². The molecule has 5 heteroatoms. The van der Waals surface area contributed by atoms with Gasteiger partial charge in [-0.15, -0.1) is 0 Å². The predicted molar refractivity (Wildman–Crippen MR) is 136 cm³/mol. The zero-order chi connectivity index (χ0) is 23.9. The summed E-state index contributed by atoms with van der Waals surface area (Å²) < 4.78 is 5.65. The maximum absolute atomic E-state index is 9.46. The highest BCUT2D eigenvalue weighted by Gasteiger charge is 2.31. The number of aromatic nitrogens is 2. The molecule has 0 saturated heterocycles. The van der Waals surface area contributed by atoms with Crippen LogP contribution in [0.25, 0.3) is 34.0 Å². The smallest absolute Gasteiger partial charge is 0.258 e. The lowest BCUT2D eigenvalue weighted by atomic mass is 9.81. The van der Waals surface area contributed by atoms with Crippen molar-refractivity contribution in [2.75, 3.05) is 0 Å². The summed E-state index contributed by atoms with van der Waals surface area (Å²) >= 11 is 0. The van der Waals surface area contributed by atoms with Crippen LogP contribution in [0.1, 0.15) is 54.5 Å². The van der Waals surface area contributed by atoms with Gasteiger partial charge in [-0.3, -0.25) is 0 Å². The third-order valence-corrected chi connectivity index (χ3v) is 7.53. The van der Waals surface area contributed by atoms with Crippen LogP contribution in [0.2, 0.25) is 0 Å². The van der Waals surface area contributed by atoms with Gasteiger partial charge < -0.3 is 9.84 Å². The van der Waals surface area contributed by atoms with Gasteiger partial charge in [0.25, 0.3) is 5.89 Å². The molecule has 3 aromatic carbocycles. The molecule has 1 atom stereocenters. The number of benzene rings is 3. The minimum atomic E-state index is 0.463. The van der Waals surface area contributed by atoms with Crippen LogP contribution in [0.4, 0.5) is 0 Å². The first-order chi connectivity index (χ1) is 17.1. The molecule has 35 heavy (non-hydrogen) atoms. The molecule has 0 spiro atoms. The van der Waals surface area contributed by atoms with Crippen molar-refractivity contribution in [1.82, 2.24) is 15.5 Å². The van der Waals surface area contributed by atoms with Crippen molar-refractivity contribution in [2.24, 2.45) is 5.92 Å². The fourth-order valence-electron chi connectivity index (χ4n) is 5.63. The van der Waals surface area contributed by atoms with Crippen molar-refractivity contribution in [2.45, 2.75) is 51.6 Å². The van der Waals surface area contributed by atoms with Gasteiger partial charge in [-0.2, -0.15) is 10.2 Å². The highest BCUT2D eigenvalue weighted by Crippen LogP contribution is 2.37. The molecule has 2 aliphatic rings. The van der Waals surface area contributed by atoms with Crippen molar-refractivity contribution in [1.29, 1.82) is 5.26 Å².